The third-order valence-corrected chi connectivity index (χ3v) is 7.11. The number of sulfonamides is 1. The molecule has 0 aliphatic carbocycles. The van der Waals surface area contributed by atoms with Gasteiger partial charge in [0.2, 0.25) is 10.0 Å². The highest BCUT2D eigenvalue weighted by Crippen LogP contribution is 2.27. The van der Waals surface area contributed by atoms with Crippen LogP contribution in [-0.4, -0.2) is 36.8 Å². The second kappa shape index (κ2) is 5.48. The number of nitrogens with zero attached hydrogens (tertiary/aromatic N) is 1. The Bertz CT molecular complexity index is 485. The molecule has 1 aromatic heterocycles. The second-order valence-electron chi connectivity index (χ2n) is 3.93. The zero-order valence-corrected chi connectivity index (χ0v) is 12.6. The molecular formula is C10H14ClNO2S3. The van der Waals surface area contributed by atoms with Gasteiger partial charge >= 0.3 is 0 Å². The average molecular weight is 312 g/mol. The van der Waals surface area contributed by atoms with E-state index in [4.69, 9.17) is 11.6 Å². The normalized spacial score (nSPS) is 22.8. The van der Waals surface area contributed by atoms with E-state index >= 15 is 0 Å². The quantitative estimate of drug-likeness (QED) is 0.805. The highest BCUT2D eigenvalue weighted by molar-refractivity contribution is 8.00. The molecule has 1 aromatic rings. The van der Waals surface area contributed by atoms with Crippen molar-refractivity contribution in [2.75, 3.05) is 18.8 Å². The molecule has 1 fully saturated rings. The molecule has 96 valence electrons. The van der Waals surface area contributed by atoms with Gasteiger partial charge < -0.3 is 0 Å². The van der Waals surface area contributed by atoms with Gasteiger partial charge in [0, 0.05) is 34.3 Å². The Morgan fingerprint density at radius 1 is 1.59 bits per heavy atom. The van der Waals surface area contributed by atoms with Gasteiger partial charge in [-0.15, -0.1) is 22.9 Å². The Morgan fingerprint density at radius 2 is 2.35 bits per heavy atom. The van der Waals surface area contributed by atoms with Gasteiger partial charge in [0.15, 0.2) is 0 Å². The molecule has 7 heteroatoms. The van der Waals surface area contributed by atoms with E-state index in [1.54, 1.807) is 15.8 Å². The van der Waals surface area contributed by atoms with Crippen molar-refractivity contribution >= 4 is 44.7 Å². The Hall–Kier alpha value is 0.250. The summed E-state index contributed by atoms with van der Waals surface area (Å²) in [6.45, 7) is 3.26. The largest absolute Gasteiger partial charge is 0.243 e. The molecule has 0 amide bonds. The van der Waals surface area contributed by atoms with Gasteiger partial charge in [-0.25, -0.2) is 8.42 Å². The molecule has 0 spiro atoms. The van der Waals surface area contributed by atoms with Crippen LogP contribution in [0.2, 0.25) is 0 Å². The Kier molecular flexibility index (Phi) is 4.41. The maximum Gasteiger partial charge on any atom is 0.243 e. The van der Waals surface area contributed by atoms with Gasteiger partial charge in [-0.05, 0) is 6.07 Å². The lowest BCUT2D eigenvalue weighted by Crippen LogP contribution is -2.40. The Labute approximate surface area is 115 Å². The number of rotatable bonds is 3. The van der Waals surface area contributed by atoms with Crippen LogP contribution < -0.4 is 0 Å². The van der Waals surface area contributed by atoms with Crippen LogP contribution in [-0.2, 0) is 15.9 Å². The summed E-state index contributed by atoms with van der Waals surface area (Å²) in [6, 6.07) is 1.68. The van der Waals surface area contributed by atoms with E-state index in [0.29, 0.717) is 29.1 Å². The fourth-order valence-electron chi connectivity index (χ4n) is 1.72. The lowest BCUT2D eigenvalue weighted by atomic mass is 10.4. The van der Waals surface area contributed by atoms with Crippen LogP contribution in [0.5, 0.6) is 0 Å². The van der Waals surface area contributed by atoms with Gasteiger partial charge in [0.25, 0.3) is 0 Å². The van der Waals surface area contributed by atoms with Crippen molar-refractivity contribution in [3.8, 4) is 0 Å². The summed E-state index contributed by atoms with van der Waals surface area (Å²) < 4.78 is 26.3. The predicted molar refractivity (Wildman–Crippen MR) is 74.6 cm³/mol. The number of thioether (sulfide) groups is 1. The molecule has 0 N–H and O–H groups in total. The molecule has 17 heavy (non-hydrogen) atoms. The minimum Gasteiger partial charge on any atom is -0.207 e. The molecule has 1 atom stereocenters. The summed E-state index contributed by atoms with van der Waals surface area (Å²) in [5.41, 5.74) is 0. The molecule has 0 bridgehead atoms. The van der Waals surface area contributed by atoms with Crippen LogP contribution in [0.3, 0.4) is 0 Å². The monoisotopic (exact) mass is 311 g/mol. The van der Waals surface area contributed by atoms with Crippen LogP contribution in [0.25, 0.3) is 0 Å². The van der Waals surface area contributed by atoms with Crippen molar-refractivity contribution < 1.29 is 8.42 Å². The molecule has 1 aliphatic heterocycles. The molecule has 0 radical (unpaired) electrons. The molecule has 1 saturated heterocycles. The van der Waals surface area contributed by atoms with E-state index in [-0.39, 0.29) is 0 Å². The molecule has 0 aromatic carbocycles. The molecule has 3 nitrogen and oxygen atoms in total. The smallest absolute Gasteiger partial charge is 0.207 e. The first-order chi connectivity index (χ1) is 8.04. The molecule has 0 saturated carbocycles. The summed E-state index contributed by atoms with van der Waals surface area (Å²) in [5, 5.41) is 2.05. The SMILES string of the molecule is CC1CN(S(=O)(=O)c2csc(CCl)c2)CCS1. The number of halogens is 1. The number of hydrogen-bond donors (Lipinski definition) is 0. The zero-order valence-electron chi connectivity index (χ0n) is 9.43. The third-order valence-electron chi connectivity index (χ3n) is 2.60. The fourth-order valence-corrected chi connectivity index (χ4v) is 5.85. The van der Waals surface area contributed by atoms with Gasteiger partial charge in [0.1, 0.15) is 0 Å². The molecule has 2 rings (SSSR count). The summed E-state index contributed by atoms with van der Waals surface area (Å²) in [5.74, 6) is 1.24. The van der Waals surface area contributed by atoms with E-state index in [9.17, 15) is 8.42 Å². The predicted octanol–water partition coefficient (Wildman–Crippen LogP) is 2.61. The maximum atomic E-state index is 12.3. The molecule has 1 unspecified atom stereocenters. The Morgan fingerprint density at radius 3 is 2.94 bits per heavy atom. The Balaban J connectivity index is 2.23. The topological polar surface area (TPSA) is 37.4 Å². The van der Waals surface area contributed by atoms with Crippen molar-refractivity contribution in [1.82, 2.24) is 4.31 Å². The lowest BCUT2D eigenvalue weighted by molar-refractivity contribution is 0.424. The van der Waals surface area contributed by atoms with E-state index in [1.807, 2.05) is 11.8 Å². The molecule has 1 aliphatic rings. The second-order valence-corrected chi connectivity index (χ2v) is 8.67. The summed E-state index contributed by atoms with van der Waals surface area (Å²) >= 11 is 8.91. The van der Waals surface area contributed by atoms with E-state index in [1.165, 1.54) is 11.3 Å². The lowest BCUT2D eigenvalue weighted by Gasteiger charge is -2.29. The van der Waals surface area contributed by atoms with Crippen molar-refractivity contribution in [3.63, 3.8) is 0 Å². The number of alkyl halides is 1. The third kappa shape index (κ3) is 2.98. The summed E-state index contributed by atoms with van der Waals surface area (Å²) in [4.78, 5) is 1.28. The molecular weight excluding hydrogens is 298 g/mol. The maximum absolute atomic E-state index is 12.3. The highest BCUT2D eigenvalue weighted by Gasteiger charge is 2.29. The van der Waals surface area contributed by atoms with Crippen LogP contribution in [0.15, 0.2) is 16.3 Å². The van der Waals surface area contributed by atoms with Crippen molar-refractivity contribution in [2.45, 2.75) is 22.9 Å². The zero-order chi connectivity index (χ0) is 12.5. The number of thiophene rings is 1. The van der Waals surface area contributed by atoms with Crippen molar-refractivity contribution in [2.24, 2.45) is 0 Å². The van der Waals surface area contributed by atoms with Gasteiger partial charge in [-0.3, -0.25) is 0 Å². The first kappa shape index (κ1) is 13.7. The van der Waals surface area contributed by atoms with Gasteiger partial charge in [0.05, 0.1) is 10.8 Å². The average Bonchev–Trinajstić information content (AvgIpc) is 2.78. The first-order valence-electron chi connectivity index (χ1n) is 5.29. The van der Waals surface area contributed by atoms with E-state index in [2.05, 4.69) is 6.92 Å². The molecule has 2 heterocycles. The minimum atomic E-state index is -3.31. The fraction of sp³-hybridized carbons (Fsp3) is 0.600. The van der Waals surface area contributed by atoms with E-state index < -0.39 is 10.0 Å². The summed E-state index contributed by atoms with van der Waals surface area (Å²) in [7, 11) is -3.31. The van der Waals surface area contributed by atoms with Crippen molar-refractivity contribution in [1.29, 1.82) is 0 Å². The van der Waals surface area contributed by atoms with E-state index in [0.717, 1.165) is 10.6 Å². The standard InChI is InChI=1S/C10H14ClNO2S3/c1-8-6-12(2-3-15-8)17(13,14)10-4-9(5-11)16-7-10/h4,7-8H,2-3,5-6H2,1H3. The van der Waals surface area contributed by atoms with Crippen LogP contribution in [0, 0.1) is 0 Å². The summed E-state index contributed by atoms with van der Waals surface area (Å²) in [6.07, 6.45) is 0. The van der Waals surface area contributed by atoms with Crippen LogP contribution in [0.4, 0.5) is 0 Å². The van der Waals surface area contributed by atoms with Gasteiger partial charge in [-0.2, -0.15) is 16.1 Å². The van der Waals surface area contributed by atoms with Crippen LogP contribution in [0.1, 0.15) is 11.8 Å². The number of hydrogen-bond acceptors (Lipinski definition) is 4. The first-order valence-corrected chi connectivity index (χ1v) is 9.19. The minimum absolute atomic E-state index is 0.365. The van der Waals surface area contributed by atoms with Crippen molar-refractivity contribution in [3.05, 3.63) is 16.3 Å². The highest BCUT2D eigenvalue weighted by atomic mass is 35.5. The van der Waals surface area contributed by atoms with Crippen LogP contribution >= 0.6 is 34.7 Å². The van der Waals surface area contributed by atoms with Gasteiger partial charge in [-0.1, -0.05) is 6.92 Å².